The molecule has 0 spiro atoms. The van der Waals surface area contributed by atoms with Gasteiger partial charge in [0, 0.05) is 13.2 Å². The third kappa shape index (κ3) is 2.59. The molecule has 7 heteroatoms. The van der Waals surface area contributed by atoms with Gasteiger partial charge in [-0.2, -0.15) is 5.10 Å². The second kappa shape index (κ2) is 4.50. The van der Waals surface area contributed by atoms with Crippen LogP contribution in [0.15, 0.2) is 18.6 Å². The number of anilines is 1. The van der Waals surface area contributed by atoms with Gasteiger partial charge in [0.1, 0.15) is 5.15 Å². The standard InChI is InChI=1S/C10H10ClN5O/c1-6-7(5-16(2)15-6)10(17)14-9-4-12-3-8(11)13-9/h3-5H,1-2H3,(H,13,14,17). The van der Waals surface area contributed by atoms with E-state index >= 15 is 0 Å². The molecule has 1 amide bonds. The second-order valence-corrected chi connectivity index (χ2v) is 3.87. The highest BCUT2D eigenvalue weighted by Crippen LogP contribution is 2.10. The zero-order valence-electron chi connectivity index (χ0n) is 9.31. The molecule has 0 radical (unpaired) electrons. The molecule has 17 heavy (non-hydrogen) atoms. The average Bonchev–Trinajstić information content (AvgIpc) is 2.58. The highest BCUT2D eigenvalue weighted by molar-refractivity contribution is 6.29. The minimum Gasteiger partial charge on any atom is -0.305 e. The van der Waals surface area contributed by atoms with E-state index in [1.54, 1.807) is 24.9 Å². The van der Waals surface area contributed by atoms with Crippen LogP contribution in [-0.4, -0.2) is 25.7 Å². The summed E-state index contributed by atoms with van der Waals surface area (Å²) in [5, 5.41) is 6.92. The molecule has 2 aromatic heterocycles. The smallest absolute Gasteiger partial charge is 0.260 e. The van der Waals surface area contributed by atoms with E-state index in [1.165, 1.54) is 12.4 Å². The fourth-order valence-electron chi connectivity index (χ4n) is 1.41. The molecule has 0 aliphatic carbocycles. The Morgan fingerprint density at radius 1 is 1.47 bits per heavy atom. The molecule has 0 aromatic carbocycles. The van der Waals surface area contributed by atoms with Gasteiger partial charge in [-0.3, -0.25) is 14.5 Å². The molecule has 0 unspecified atom stereocenters. The minimum atomic E-state index is -0.285. The van der Waals surface area contributed by atoms with Crippen LogP contribution in [-0.2, 0) is 7.05 Å². The predicted octanol–water partition coefficient (Wildman–Crippen LogP) is 1.42. The highest BCUT2D eigenvalue weighted by atomic mass is 35.5. The van der Waals surface area contributed by atoms with E-state index in [1.807, 2.05) is 0 Å². The summed E-state index contributed by atoms with van der Waals surface area (Å²) in [6, 6.07) is 0. The van der Waals surface area contributed by atoms with Gasteiger partial charge in [-0.15, -0.1) is 0 Å². The van der Waals surface area contributed by atoms with E-state index in [0.29, 0.717) is 17.1 Å². The molecule has 0 bridgehead atoms. The molecule has 0 atom stereocenters. The molecule has 0 saturated heterocycles. The zero-order valence-corrected chi connectivity index (χ0v) is 10.1. The number of amides is 1. The Kier molecular flexibility index (Phi) is 3.06. The van der Waals surface area contributed by atoms with E-state index in [-0.39, 0.29) is 11.1 Å². The van der Waals surface area contributed by atoms with Crippen LogP contribution in [0.5, 0.6) is 0 Å². The summed E-state index contributed by atoms with van der Waals surface area (Å²) in [6.45, 7) is 1.76. The number of nitrogens with zero attached hydrogens (tertiary/aromatic N) is 4. The van der Waals surface area contributed by atoms with Crippen molar-refractivity contribution in [3.8, 4) is 0 Å². The Labute approximate surface area is 103 Å². The van der Waals surface area contributed by atoms with Gasteiger partial charge in [0.2, 0.25) is 0 Å². The number of nitrogens with one attached hydrogen (secondary N) is 1. The quantitative estimate of drug-likeness (QED) is 0.876. The summed E-state index contributed by atoms with van der Waals surface area (Å²) in [5.74, 6) is 0.0259. The van der Waals surface area contributed by atoms with Crippen LogP contribution in [0, 0.1) is 6.92 Å². The van der Waals surface area contributed by atoms with Gasteiger partial charge in [0.25, 0.3) is 5.91 Å². The second-order valence-electron chi connectivity index (χ2n) is 3.48. The Morgan fingerprint density at radius 2 is 2.24 bits per heavy atom. The van der Waals surface area contributed by atoms with E-state index in [0.717, 1.165) is 0 Å². The van der Waals surface area contributed by atoms with Crippen LogP contribution < -0.4 is 5.32 Å². The van der Waals surface area contributed by atoms with Gasteiger partial charge in [0.15, 0.2) is 5.82 Å². The van der Waals surface area contributed by atoms with E-state index in [2.05, 4.69) is 20.4 Å². The maximum absolute atomic E-state index is 11.9. The van der Waals surface area contributed by atoms with Crippen molar-refractivity contribution in [2.45, 2.75) is 6.92 Å². The van der Waals surface area contributed by atoms with Crippen LogP contribution in [0.1, 0.15) is 16.1 Å². The third-order valence-corrected chi connectivity index (χ3v) is 2.29. The van der Waals surface area contributed by atoms with Crippen LogP contribution in [0.25, 0.3) is 0 Å². The van der Waals surface area contributed by atoms with Crippen LogP contribution >= 0.6 is 11.6 Å². The fourth-order valence-corrected chi connectivity index (χ4v) is 1.56. The van der Waals surface area contributed by atoms with Gasteiger partial charge in [-0.05, 0) is 6.92 Å². The number of hydrogen-bond donors (Lipinski definition) is 1. The Morgan fingerprint density at radius 3 is 2.82 bits per heavy atom. The number of carbonyl (C=O) groups excluding carboxylic acids is 1. The van der Waals surface area contributed by atoms with Crippen LogP contribution in [0.2, 0.25) is 5.15 Å². The lowest BCUT2D eigenvalue weighted by atomic mass is 10.2. The molecule has 0 aliphatic heterocycles. The van der Waals surface area contributed by atoms with Gasteiger partial charge >= 0.3 is 0 Å². The first-order valence-electron chi connectivity index (χ1n) is 4.85. The monoisotopic (exact) mass is 251 g/mol. The fraction of sp³-hybridized carbons (Fsp3) is 0.200. The predicted molar refractivity (Wildman–Crippen MR) is 62.9 cm³/mol. The summed E-state index contributed by atoms with van der Waals surface area (Å²) in [6.07, 6.45) is 4.46. The molecule has 0 saturated carbocycles. The maximum Gasteiger partial charge on any atom is 0.260 e. The van der Waals surface area contributed by atoms with Crippen molar-refractivity contribution in [2.75, 3.05) is 5.32 Å². The molecule has 2 heterocycles. The lowest BCUT2D eigenvalue weighted by molar-refractivity contribution is 0.102. The third-order valence-electron chi connectivity index (χ3n) is 2.10. The summed E-state index contributed by atoms with van der Waals surface area (Å²) >= 11 is 5.67. The van der Waals surface area contributed by atoms with Crippen molar-refractivity contribution >= 4 is 23.3 Å². The minimum absolute atomic E-state index is 0.228. The Hall–Kier alpha value is -1.95. The van der Waals surface area contributed by atoms with Gasteiger partial charge in [-0.25, -0.2) is 4.98 Å². The summed E-state index contributed by atoms with van der Waals surface area (Å²) in [5.41, 5.74) is 1.15. The number of aryl methyl sites for hydroxylation is 2. The number of halogens is 1. The number of rotatable bonds is 2. The molecular formula is C10H10ClN5O. The van der Waals surface area contributed by atoms with E-state index in [4.69, 9.17) is 11.6 Å². The number of aromatic nitrogens is 4. The van der Waals surface area contributed by atoms with Crippen molar-refractivity contribution in [1.82, 2.24) is 19.7 Å². The summed E-state index contributed by atoms with van der Waals surface area (Å²) in [4.78, 5) is 19.6. The normalized spacial score (nSPS) is 10.3. The SMILES string of the molecule is Cc1nn(C)cc1C(=O)Nc1cncc(Cl)n1. The molecule has 2 rings (SSSR count). The molecular weight excluding hydrogens is 242 g/mol. The zero-order chi connectivity index (χ0) is 12.4. The van der Waals surface area contributed by atoms with Crippen molar-refractivity contribution in [3.63, 3.8) is 0 Å². The van der Waals surface area contributed by atoms with E-state index in [9.17, 15) is 4.79 Å². The molecule has 0 fully saturated rings. The van der Waals surface area contributed by atoms with Crippen molar-refractivity contribution in [3.05, 3.63) is 35.0 Å². The van der Waals surface area contributed by atoms with Crippen LogP contribution in [0.4, 0.5) is 5.82 Å². The first kappa shape index (κ1) is 11.5. The summed E-state index contributed by atoms with van der Waals surface area (Å²) in [7, 11) is 1.75. The largest absolute Gasteiger partial charge is 0.305 e. The Balaban J connectivity index is 2.20. The van der Waals surface area contributed by atoms with Gasteiger partial charge in [0.05, 0.1) is 23.7 Å². The number of carbonyl (C=O) groups is 1. The highest BCUT2D eigenvalue weighted by Gasteiger charge is 2.13. The molecule has 88 valence electrons. The van der Waals surface area contributed by atoms with Crippen LogP contribution in [0.3, 0.4) is 0 Å². The lowest BCUT2D eigenvalue weighted by Crippen LogP contribution is -2.13. The Bertz CT molecular complexity index is 566. The van der Waals surface area contributed by atoms with Crippen molar-refractivity contribution in [2.24, 2.45) is 7.05 Å². The molecule has 1 N–H and O–H groups in total. The molecule has 2 aromatic rings. The van der Waals surface area contributed by atoms with Gasteiger partial charge < -0.3 is 5.32 Å². The first-order valence-corrected chi connectivity index (χ1v) is 5.23. The van der Waals surface area contributed by atoms with Crippen molar-refractivity contribution in [1.29, 1.82) is 0 Å². The lowest BCUT2D eigenvalue weighted by Gasteiger charge is -2.02. The topological polar surface area (TPSA) is 72.7 Å². The summed E-state index contributed by atoms with van der Waals surface area (Å²) < 4.78 is 1.58. The molecule has 6 nitrogen and oxygen atoms in total. The maximum atomic E-state index is 11.9. The van der Waals surface area contributed by atoms with Crippen molar-refractivity contribution < 1.29 is 4.79 Å². The van der Waals surface area contributed by atoms with E-state index < -0.39 is 0 Å². The average molecular weight is 252 g/mol. The molecule has 0 aliphatic rings. The number of hydrogen-bond acceptors (Lipinski definition) is 4. The van der Waals surface area contributed by atoms with Gasteiger partial charge in [-0.1, -0.05) is 11.6 Å². The first-order chi connectivity index (χ1) is 8.06.